The van der Waals surface area contributed by atoms with Gasteiger partial charge in [-0.05, 0) is 19.9 Å². The molecule has 1 unspecified atom stereocenters. The van der Waals surface area contributed by atoms with Crippen molar-refractivity contribution in [1.29, 1.82) is 5.26 Å². The summed E-state index contributed by atoms with van der Waals surface area (Å²) in [4.78, 5) is 11.1. The molecule has 80 valence electrons. The van der Waals surface area contributed by atoms with E-state index >= 15 is 0 Å². The molecule has 0 radical (unpaired) electrons. The Hall–Kier alpha value is -1.08. The van der Waals surface area contributed by atoms with Crippen LogP contribution in [0.1, 0.15) is 33.1 Å². The summed E-state index contributed by atoms with van der Waals surface area (Å²) in [7, 11) is 0. The van der Waals surface area contributed by atoms with Crippen LogP contribution in [0.4, 0.5) is 0 Å². The number of hydrogen-bond acceptors (Lipinski definition) is 4. The maximum Gasteiger partial charge on any atom is 0.337 e. The van der Waals surface area contributed by atoms with E-state index in [1.54, 1.807) is 6.92 Å². The van der Waals surface area contributed by atoms with Crippen molar-refractivity contribution in [2.24, 2.45) is 0 Å². The van der Waals surface area contributed by atoms with E-state index < -0.39 is 12.0 Å². The Morgan fingerprint density at radius 1 is 1.50 bits per heavy atom. The van der Waals surface area contributed by atoms with Gasteiger partial charge in [-0.2, -0.15) is 5.26 Å². The summed E-state index contributed by atoms with van der Waals surface area (Å²) >= 11 is 0. The first kappa shape index (κ1) is 12.9. The van der Waals surface area contributed by atoms with Crippen LogP contribution in [-0.4, -0.2) is 25.2 Å². The lowest BCUT2D eigenvalue weighted by Gasteiger charge is -2.09. The van der Waals surface area contributed by atoms with E-state index in [1.165, 1.54) is 0 Å². The number of unbranched alkanes of at least 4 members (excludes halogenated alkanes) is 2. The minimum Gasteiger partial charge on any atom is -0.464 e. The Kier molecular flexibility index (Phi) is 7.86. The number of nitrogens with zero attached hydrogens (tertiary/aromatic N) is 1. The third-order valence-corrected chi connectivity index (χ3v) is 1.78. The van der Waals surface area contributed by atoms with Crippen LogP contribution in [0, 0.1) is 11.3 Å². The fraction of sp³-hybridized carbons (Fsp3) is 0.800. The molecule has 1 N–H and O–H groups in total. The van der Waals surface area contributed by atoms with E-state index in [9.17, 15) is 4.79 Å². The third-order valence-electron chi connectivity index (χ3n) is 1.78. The van der Waals surface area contributed by atoms with Gasteiger partial charge < -0.3 is 4.74 Å². The number of ether oxygens (including phenoxy) is 1. The normalized spacial score (nSPS) is 11.8. The van der Waals surface area contributed by atoms with Gasteiger partial charge in [-0.1, -0.05) is 19.8 Å². The van der Waals surface area contributed by atoms with E-state index in [1.807, 2.05) is 6.07 Å². The Balaban J connectivity index is 3.69. The fourth-order valence-electron chi connectivity index (χ4n) is 1.03. The Bertz CT molecular complexity index is 199. The van der Waals surface area contributed by atoms with E-state index in [-0.39, 0.29) is 0 Å². The lowest BCUT2D eigenvalue weighted by molar-refractivity contribution is -0.144. The van der Waals surface area contributed by atoms with Crippen molar-refractivity contribution in [3.63, 3.8) is 0 Å². The van der Waals surface area contributed by atoms with Crippen LogP contribution in [-0.2, 0) is 9.53 Å². The number of nitriles is 1. The zero-order valence-electron chi connectivity index (χ0n) is 8.88. The molecule has 0 rings (SSSR count). The van der Waals surface area contributed by atoms with Crippen molar-refractivity contribution < 1.29 is 9.53 Å². The number of carbonyl (C=O) groups is 1. The first-order valence-electron chi connectivity index (χ1n) is 5.05. The summed E-state index contributed by atoms with van der Waals surface area (Å²) in [6.07, 6.45) is 3.21. The summed E-state index contributed by atoms with van der Waals surface area (Å²) in [6.45, 7) is 4.83. The quantitative estimate of drug-likeness (QED) is 0.493. The molecule has 0 bridgehead atoms. The van der Waals surface area contributed by atoms with Crippen molar-refractivity contribution in [3.05, 3.63) is 0 Å². The summed E-state index contributed by atoms with van der Waals surface area (Å²) in [5.74, 6) is -0.480. The molecule has 0 saturated carbocycles. The maximum absolute atomic E-state index is 11.1. The molecule has 4 nitrogen and oxygen atoms in total. The van der Waals surface area contributed by atoms with Crippen molar-refractivity contribution in [2.45, 2.75) is 39.2 Å². The van der Waals surface area contributed by atoms with Gasteiger partial charge in [0.2, 0.25) is 0 Å². The predicted molar refractivity (Wildman–Crippen MR) is 53.6 cm³/mol. The molecule has 4 heteroatoms. The molecule has 0 aromatic heterocycles. The minimum absolute atomic E-state index is 0.313. The summed E-state index contributed by atoms with van der Waals surface area (Å²) in [5.41, 5.74) is 0. The molecular weight excluding hydrogens is 180 g/mol. The highest BCUT2D eigenvalue weighted by atomic mass is 16.5. The molecule has 0 aliphatic rings. The van der Waals surface area contributed by atoms with Crippen LogP contribution in [0.5, 0.6) is 0 Å². The Morgan fingerprint density at radius 3 is 2.71 bits per heavy atom. The number of hydrogen-bond donors (Lipinski definition) is 1. The molecule has 0 saturated heterocycles. The first-order chi connectivity index (χ1) is 6.76. The van der Waals surface area contributed by atoms with Crippen molar-refractivity contribution in [1.82, 2.24) is 5.32 Å². The van der Waals surface area contributed by atoms with Crippen molar-refractivity contribution in [2.75, 3.05) is 13.2 Å². The van der Waals surface area contributed by atoms with Crippen LogP contribution in [0.2, 0.25) is 0 Å². The van der Waals surface area contributed by atoms with Gasteiger partial charge in [0.15, 0.2) is 6.04 Å². The minimum atomic E-state index is -0.813. The average Bonchev–Trinajstić information content (AvgIpc) is 2.18. The van der Waals surface area contributed by atoms with Gasteiger partial charge >= 0.3 is 5.97 Å². The monoisotopic (exact) mass is 198 g/mol. The molecule has 0 fully saturated rings. The topological polar surface area (TPSA) is 62.1 Å². The SMILES string of the molecule is CCCCCNC(C#N)C(=O)OCC. The molecule has 0 aromatic carbocycles. The van der Waals surface area contributed by atoms with Crippen molar-refractivity contribution >= 4 is 5.97 Å². The molecule has 0 amide bonds. The second-order valence-electron chi connectivity index (χ2n) is 2.98. The third kappa shape index (κ3) is 5.55. The zero-order valence-corrected chi connectivity index (χ0v) is 8.88. The van der Waals surface area contributed by atoms with Crippen LogP contribution in [0.25, 0.3) is 0 Å². The first-order valence-corrected chi connectivity index (χ1v) is 5.05. The van der Waals surface area contributed by atoms with Gasteiger partial charge in [-0.25, -0.2) is 4.79 Å². The molecule has 0 aromatic rings. The lowest BCUT2D eigenvalue weighted by atomic mass is 10.2. The second kappa shape index (κ2) is 8.52. The van der Waals surface area contributed by atoms with Gasteiger partial charge in [-0.3, -0.25) is 5.32 Å². The highest BCUT2D eigenvalue weighted by molar-refractivity contribution is 5.78. The van der Waals surface area contributed by atoms with Gasteiger partial charge in [0, 0.05) is 0 Å². The number of rotatable bonds is 7. The smallest absolute Gasteiger partial charge is 0.337 e. The van der Waals surface area contributed by atoms with Crippen LogP contribution in [0.15, 0.2) is 0 Å². The number of nitrogens with one attached hydrogen (secondary N) is 1. The highest BCUT2D eigenvalue weighted by Gasteiger charge is 2.17. The van der Waals surface area contributed by atoms with E-state index in [0.717, 1.165) is 19.3 Å². The number of carbonyl (C=O) groups excluding carboxylic acids is 1. The Labute approximate surface area is 85.2 Å². The summed E-state index contributed by atoms with van der Waals surface area (Å²) < 4.78 is 4.73. The van der Waals surface area contributed by atoms with Crippen LogP contribution in [0.3, 0.4) is 0 Å². The molecule has 0 aliphatic carbocycles. The van der Waals surface area contributed by atoms with Gasteiger partial charge in [0.25, 0.3) is 0 Å². The maximum atomic E-state index is 11.1. The molecule has 14 heavy (non-hydrogen) atoms. The summed E-state index contributed by atoms with van der Waals surface area (Å²) in [5, 5.41) is 11.5. The fourth-order valence-corrected chi connectivity index (χ4v) is 1.03. The Morgan fingerprint density at radius 2 is 2.21 bits per heavy atom. The molecule has 1 atom stereocenters. The molecule has 0 aliphatic heterocycles. The van der Waals surface area contributed by atoms with E-state index in [2.05, 4.69) is 12.2 Å². The number of esters is 1. The van der Waals surface area contributed by atoms with Gasteiger partial charge in [0.05, 0.1) is 12.7 Å². The van der Waals surface area contributed by atoms with Crippen molar-refractivity contribution in [3.8, 4) is 6.07 Å². The predicted octanol–water partition coefficient (Wildman–Crippen LogP) is 1.22. The highest BCUT2D eigenvalue weighted by Crippen LogP contribution is 1.93. The second-order valence-corrected chi connectivity index (χ2v) is 2.98. The van der Waals surface area contributed by atoms with Crippen LogP contribution >= 0.6 is 0 Å². The summed E-state index contributed by atoms with van der Waals surface area (Å²) in [6, 6.07) is 1.06. The van der Waals surface area contributed by atoms with E-state index in [4.69, 9.17) is 10.00 Å². The van der Waals surface area contributed by atoms with Crippen LogP contribution < -0.4 is 5.32 Å². The molecular formula is C10H18N2O2. The van der Waals surface area contributed by atoms with E-state index in [0.29, 0.717) is 13.2 Å². The van der Waals surface area contributed by atoms with Gasteiger partial charge in [0.1, 0.15) is 0 Å². The lowest BCUT2D eigenvalue weighted by Crippen LogP contribution is -2.37. The molecule has 0 spiro atoms. The average molecular weight is 198 g/mol. The zero-order chi connectivity index (χ0) is 10.8. The standard InChI is InChI=1S/C10H18N2O2/c1-3-5-6-7-12-9(8-11)10(13)14-4-2/h9,12H,3-7H2,1-2H3. The molecule has 0 heterocycles. The largest absolute Gasteiger partial charge is 0.464 e. The van der Waals surface area contributed by atoms with Gasteiger partial charge in [-0.15, -0.1) is 0 Å².